The van der Waals surface area contributed by atoms with Crippen LogP contribution in [0.25, 0.3) is 0 Å². The highest BCUT2D eigenvalue weighted by Gasteiger charge is 2.31. The van der Waals surface area contributed by atoms with Crippen molar-refractivity contribution in [1.29, 1.82) is 0 Å². The summed E-state index contributed by atoms with van der Waals surface area (Å²) in [5, 5.41) is 3.80. The van der Waals surface area contributed by atoms with E-state index in [4.69, 9.17) is 12.2 Å². The Kier molecular flexibility index (Phi) is 5.49. The molecule has 0 spiro atoms. The zero-order valence-corrected chi connectivity index (χ0v) is 13.6. The van der Waals surface area contributed by atoms with E-state index in [2.05, 4.69) is 10.1 Å². The number of carbonyl (C=O) groups is 1. The van der Waals surface area contributed by atoms with Gasteiger partial charge in [0.15, 0.2) is 5.78 Å². The molecule has 0 amide bonds. The Morgan fingerprint density at radius 2 is 2.11 bits per heavy atom. The van der Waals surface area contributed by atoms with Crippen LogP contribution in [0.5, 0.6) is 0 Å². The lowest BCUT2D eigenvalue weighted by Gasteiger charge is -2.25. The number of hydrogen-bond acceptors (Lipinski definition) is 5. The minimum atomic E-state index is -0.403. The second-order valence-corrected chi connectivity index (χ2v) is 7.34. The van der Waals surface area contributed by atoms with Gasteiger partial charge in [0.25, 0.3) is 0 Å². The number of Topliss-reactive ketones (excluding diaryl/α,β-unsaturated/α-hetero) is 1. The maximum atomic E-state index is 12.5. The van der Waals surface area contributed by atoms with Crippen molar-refractivity contribution in [3.05, 3.63) is 12.7 Å². The molecule has 0 fully saturated rings. The van der Waals surface area contributed by atoms with Crippen LogP contribution in [0, 0.1) is 5.41 Å². The van der Waals surface area contributed by atoms with E-state index in [1.54, 1.807) is 11.0 Å². The van der Waals surface area contributed by atoms with Gasteiger partial charge in [0, 0.05) is 19.5 Å². The molecular weight excluding hydrogens is 280 g/mol. The van der Waals surface area contributed by atoms with Crippen molar-refractivity contribution in [2.45, 2.75) is 32.6 Å². The van der Waals surface area contributed by atoms with Crippen molar-refractivity contribution >= 4 is 34.1 Å². The number of rotatable bonds is 4. The van der Waals surface area contributed by atoms with E-state index in [0.29, 0.717) is 10.9 Å². The van der Waals surface area contributed by atoms with Gasteiger partial charge in [-0.25, -0.2) is 4.98 Å². The van der Waals surface area contributed by atoms with Gasteiger partial charge in [0.05, 0.1) is 11.8 Å². The van der Waals surface area contributed by atoms with Gasteiger partial charge in [-0.15, -0.1) is 0 Å². The third-order valence-electron chi connectivity index (χ3n) is 2.46. The zero-order chi connectivity index (χ0) is 14.6. The standard InChI is InChI=1S/C12H20N4OS2/c1-12(2,3)10(17)9(19-11(18)15(4)5)6-16-8-13-7-14-16/h7-9H,6H2,1-5H3. The van der Waals surface area contributed by atoms with Crippen LogP contribution >= 0.6 is 24.0 Å². The summed E-state index contributed by atoms with van der Waals surface area (Å²) in [6.07, 6.45) is 3.08. The second kappa shape index (κ2) is 6.47. The normalized spacial score (nSPS) is 13.1. The van der Waals surface area contributed by atoms with Gasteiger partial charge < -0.3 is 4.90 Å². The van der Waals surface area contributed by atoms with Crippen LogP contribution in [0.2, 0.25) is 0 Å². The Morgan fingerprint density at radius 1 is 1.47 bits per heavy atom. The van der Waals surface area contributed by atoms with Crippen molar-refractivity contribution in [3.8, 4) is 0 Å². The van der Waals surface area contributed by atoms with Crippen molar-refractivity contribution in [2.24, 2.45) is 5.41 Å². The highest BCUT2D eigenvalue weighted by atomic mass is 32.2. The summed E-state index contributed by atoms with van der Waals surface area (Å²) in [5.41, 5.74) is -0.403. The third kappa shape index (κ3) is 4.91. The Morgan fingerprint density at radius 3 is 2.53 bits per heavy atom. The molecule has 0 radical (unpaired) electrons. The fraction of sp³-hybridized carbons (Fsp3) is 0.667. The number of aromatic nitrogens is 3. The number of nitrogens with zero attached hydrogens (tertiary/aromatic N) is 4. The summed E-state index contributed by atoms with van der Waals surface area (Å²) < 4.78 is 2.36. The average molecular weight is 300 g/mol. The molecule has 0 aliphatic carbocycles. The predicted octanol–water partition coefficient (Wildman–Crippen LogP) is 1.84. The lowest BCUT2D eigenvalue weighted by molar-refractivity contribution is -0.125. The fourth-order valence-electron chi connectivity index (χ4n) is 1.38. The zero-order valence-electron chi connectivity index (χ0n) is 12.0. The van der Waals surface area contributed by atoms with Crippen molar-refractivity contribution in [2.75, 3.05) is 14.1 Å². The lowest BCUT2D eigenvalue weighted by Crippen LogP contribution is -2.35. The Hall–Kier alpha value is -0.950. The molecule has 0 aliphatic heterocycles. The summed E-state index contributed by atoms with van der Waals surface area (Å²) in [6.45, 7) is 6.24. The smallest absolute Gasteiger partial charge is 0.153 e. The summed E-state index contributed by atoms with van der Waals surface area (Å²) in [4.78, 5) is 18.2. The van der Waals surface area contributed by atoms with Crippen LogP contribution in [-0.2, 0) is 11.3 Å². The van der Waals surface area contributed by atoms with Crippen molar-refractivity contribution < 1.29 is 4.79 Å². The monoisotopic (exact) mass is 300 g/mol. The van der Waals surface area contributed by atoms with Crippen LogP contribution in [0.4, 0.5) is 0 Å². The van der Waals surface area contributed by atoms with Gasteiger partial charge in [-0.1, -0.05) is 44.8 Å². The number of hydrogen-bond donors (Lipinski definition) is 0. The van der Waals surface area contributed by atoms with Gasteiger partial charge >= 0.3 is 0 Å². The summed E-state index contributed by atoms with van der Waals surface area (Å²) in [6, 6.07) is 0. The van der Waals surface area contributed by atoms with Gasteiger partial charge in [0.1, 0.15) is 17.0 Å². The van der Waals surface area contributed by atoms with Crippen LogP contribution in [0.1, 0.15) is 20.8 Å². The van der Waals surface area contributed by atoms with E-state index < -0.39 is 5.41 Å². The van der Waals surface area contributed by atoms with E-state index in [-0.39, 0.29) is 11.0 Å². The van der Waals surface area contributed by atoms with E-state index in [1.165, 1.54) is 18.1 Å². The highest BCUT2D eigenvalue weighted by Crippen LogP contribution is 2.26. The largest absolute Gasteiger partial charge is 0.364 e. The summed E-state index contributed by atoms with van der Waals surface area (Å²) in [7, 11) is 3.76. The first-order valence-electron chi connectivity index (χ1n) is 5.96. The Bertz CT molecular complexity index is 437. The molecule has 1 heterocycles. The van der Waals surface area contributed by atoms with Gasteiger partial charge in [0.2, 0.25) is 0 Å². The molecule has 1 aromatic rings. The van der Waals surface area contributed by atoms with Crippen LogP contribution in [0.15, 0.2) is 12.7 Å². The maximum absolute atomic E-state index is 12.5. The molecule has 0 aromatic carbocycles. The molecular formula is C12H20N4OS2. The minimum absolute atomic E-state index is 0.164. The molecule has 0 saturated carbocycles. The van der Waals surface area contributed by atoms with Gasteiger partial charge in [-0.2, -0.15) is 5.10 Å². The first-order chi connectivity index (χ1) is 8.71. The summed E-state index contributed by atoms with van der Waals surface area (Å²) in [5.74, 6) is 0.164. The molecule has 1 atom stereocenters. The molecule has 0 bridgehead atoms. The number of thioether (sulfide) groups is 1. The predicted molar refractivity (Wildman–Crippen MR) is 82.1 cm³/mol. The van der Waals surface area contributed by atoms with Crippen LogP contribution < -0.4 is 0 Å². The number of carbonyl (C=O) groups excluding carboxylic acids is 1. The van der Waals surface area contributed by atoms with E-state index in [1.807, 2.05) is 39.8 Å². The van der Waals surface area contributed by atoms with Crippen LogP contribution in [-0.4, -0.2) is 49.1 Å². The molecule has 0 N–H and O–H groups in total. The Balaban J connectivity index is 2.85. The topological polar surface area (TPSA) is 51.0 Å². The summed E-state index contributed by atoms with van der Waals surface area (Å²) >= 11 is 6.69. The van der Waals surface area contributed by atoms with E-state index in [9.17, 15) is 4.79 Å². The minimum Gasteiger partial charge on any atom is -0.364 e. The molecule has 106 valence electrons. The molecule has 19 heavy (non-hydrogen) atoms. The van der Waals surface area contributed by atoms with Crippen LogP contribution in [0.3, 0.4) is 0 Å². The maximum Gasteiger partial charge on any atom is 0.153 e. The SMILES string of the molecule is CN(C)C(=S)SC(Cn1cncn1)C(=O)C(C)(C)C. The lowest BCUT2D eigenvalue weighted by atomic mass is 9.89. The molecule has 0 saturated heterocycles. The second-order valence-electron chi connectivity index (χ2n) is 5.50. The quantitative estimate of drug-likeness (QED) is 0.791. The van der Waals surface area contributed by atoms with E-state index >= 15 is 0 Å². The van der Waals surface area contributed by atoms with Gasteiger partial charge in [-0.3, -0.25) is 9.48 Å². The molecule has 5 nitrogen and oxygen atoms in total. The van der Waals surface area contributed by atoms with Crippen molar-refractivity contribution in [3.63, 3.8) is 0 Å². The highest BCUT2D eigenvalue weighted by molar-refractivity contribution is 8.23. The van der Waals surface area contributed by atoms with Gasteiger partial charge in [-0.05, 0) is 0 Å². The number of thiocarbonyl (C=S) groups is 1. The fourth-order valence-corrected chi connectivity index (χ4v) is 2.87. The van der Waals surface area contributed by atoms with Crippen molar-refractivity contribution in [1.82, 2.24) is 19.7 Å². The molecule has 0 aliphatic rings. The number of ketones is 1. The first kappa shape index (κ1) is 16.1. The average Bonchev–Trinajstić information content (AvgIpc) is 2.78. The molecule has 1 rings (SSSR count). The Labute approximate surface area is 123 Å². The molecule has 7 heteroatoms. The molecule has 1 aromatic heterocycles. The van der Waals surface area contributed by atoms with E-state index in [0.717, 1.165) is 0 Å². The third-order valence-corrected chi connectivity index (χ3v) is 4.33. The molecule has 1 unspecified atom stereocenters. The first-order valence-corrected chi connectivity index (χ1v) is 7.25.